The van der Waals surface area contributed by atoms with Crippen molar-refractivity contribution in [3.05, 3.63) is 74.7 Å². The van der Waals surface area contributed by atoms with Crippen molar-refractivity contribution in [2.24, 2.45) is 0 Å². The second-order valence-corrected chi connectivity index (χ2v) is 5.82. The molecule has 8 nitrogen and oxygen atoms in total. The maximum absolute atomic E-state index is 12.5. The summed E-state index contributed by atoms with van der Waals surface area (Å²) in [6.07, 6.45) is -3.42. The molecule has 0 aliphatic carbocycles. The first kappa shape index (κ1) is 19.1. The summed E-state index contributed by atoms with van der Waals surface area (Å²) in [5.74, 6) is -0.524. The molecule has 0 radical (unpaired) electrons. The fraction of sp³-hybridized carbons (Fsp3) is 0.176. The van der Waals surface area contributed by atoms with Gasteiger partial charge < -0.3 is 9.64 Å². The molecule has 3 aromatic rings. The van der Waals surface area contributed by atoms with Crippen molar-refractivity contribution in [1.82, 2.24) is 9.38 Å². The van der Waals surface area contributed by atoms with E-state index in [-0.39, 0.29) is 23.8 Å². The lowest BCUT2D eigenvalue weighted by Gasteiger charge is -2.18. The number of nitro groups is 1. The molecule has 0 spiro atoms. The van der Waals surface area contributed by atoms with Gasteiger partial charge in [-0.05, 0) is 29.8 Å². The first-order valence-electron chi connectivity index (χ1n) is 7.87. The van der Waals surface area contributed by atoms with E-state index in [2.05, 4.69) is 9.72 Å². The van der Waals surface area contributed by atoms with Gasteiger partial charge in [-0.3, -0.25) is 19.3 Å². The summed E-state index contributed by atoms with van der Waals surface area (Å²) in [7, 11) is 1.49. The Labute approximate surface area is 155 Å². The smallest absolute Gasteiger partial charge is 0.406 e. The zero-order chi connectivity index (χ0) is 20.5. The van der Waals surface area contributed by atoms with Crippen LogP contribution < -0.4 is 15.2 Å². The Bertz CT molecular complexity index is 1080. The van der Waals surface area contributed by atoms with Crippen molar-refractivity contribution in [2.45, 2.75) is 12.9 Å². The Morgan fingerprint density at radius 1 is 1.21 bits per heavy atom. The zero-order valence-corrected chi connectivity index (χ0v) is 14.4. The maximum atomic E-state index is 12.5. The third-order valence-corrected chi connectivity index (χ3v) is 3.81. The quantitative estimate of drug-likeness (QED) is 0.488. The minimum atomic E-state index is -4.80. The van der Waals surface area contributed by atoms with Gasteiger partial charge in [-0.25, -0.2) is 4.98 Å². The molecule has 0 bridgehead atoms. The highest BCUT2D eigenvalue weighted by molar-refractivity contribution is 5.61. The first-order valence-corrected chi connectivity index (χ1v) is 7.87. The third kappa shape index (κ3) is 4.03. The van der Waals surface area contributed by atoms with E-state index in [4.69, 9.17) is 0 Å². The lowest BCUT2D eigenvalue weighted by Crippen LogP contribution is -2.26. The first-order chi connectivity index (χ1) is 13.2. The number of nitrogens with zero attached hydrogens (tertiary/aromatic N) is 4. The molecule has 0 saturated heterocycles. The minimum Gasteiger partial charge on any atom is -0.406 e. The number of aromatic nitrogens is 2. The molecule has 28 heavy (non-hydrogen) atoms. The molecule has 0 atom stereocenters. The molecule has 0 amide bonds. The number of rotatable bonds is 5. The van der Waals surface area contributed by atoms with Gasteiger partial charge in [0.05, 0.1) is 4.92 Å². The van der Waals surface area contributed by atoms with Crippen molar-refractivity contribution < 1.29 is 22.8 Å². The van der Waals surface area contributed by atoms with Gasteiger partial charge in [0, 0.05) is 19.8 Å². The predicted octanol–water partition coefficient (Wildman–Crippen LogP) is 3.14. The van der Waals surface area contributed by atoms with Crippen LogP contribution in [0.5, 0.6) is 5.75 Å². The van der Waals surface area contributed by atoms with E-state index >= 15 is 0 Å². The molecule has 2 aromatic heterocycles. The molecule has 0 aliphatic rings. The van der Waals surface area contributed by atoms with Crippen molar-refractivity contribution in [1.29, 1.82) is 0 Å². The van der Waals surface area contributed by atoms with E-state index in [0.29, 0.717) is 5.56 Å². The summed E-state index contributed by atoms with van der Waals surface area (Å²) >= 11 is 0. The van der Waals surface area contributed by atoms with E-state index in [1.54, 1.807) is 12.1 Å². The SMILES string of the molecule is CN(Cc1ccc(OC(F)(F)F)cc1)c1nc2ccccn2c(=O)c1[N+](=O)[O-]. The highest BCUT2D eigenvalue weighted by atomic mass is 19.4. The summed E-state index contributed by atoms with van der Waals surface area (Å²) < 4.78 is 41.5. The van der Waals surface area contributed by atoms with Crippen molar-refractivity contribution in [3.63, 3.8) is 0 Å². The van der Waals surface area contributed by atoms with Gasteiger partial charge in [0.1, 0.15) is 11.4 Å². The van der Waals surface area contributed by atoms with Crippen LogP contribution in [0, 0.1) is 10.1 Å². The summed E-state index contributed by atoms with van der Waals surface area (Å²) in [5.41, 5.74) is -0.746. The third-order valence-electron chi connectivity index (χ3n) is 3.81. The van der Waals surface area contributed by atoms with Crippen LogP contribution in [-0.2, 0) is 6.54 Å². The number of fused-ring (bicyclic) bond motifs is 1. The lowest BCUT2D eigenvalue weighted by atomic mass is 10.2. The second-order valence-electron chi connectivity index (χ2n) is 5.82. The van der Waals surface area contributed by atoms with Crippen LogP contribution in [0.3, 0.4) is 0 Å². The molecule has 0 fully saturated rings. The average molecular weight is 394 g/mol. The topological polar surface area (TPSA) is 90.0 Å². The molecule has 0 saturated carbocycles. The molecule has 146 valence electrons. The summed E-state index contributed by atoms with van der Waals surface area (Å²) in [6.45, 7) is 0.0720. The Kier molecular flexibility index (Phi) is 4.91. The van der Waals surface area contributed by atoms with E-state index < -0.39 is 22.5 Å². The summed E-state index contributed by atoms with van der Waals surface area (Å²) in [4.78, 5) is 28.6. The highest BCUT2D eigenvalue weighted by Crippen LogP contribution is 2.25. The number of hydrogen-bond acceptors (Lipinski definition) is 6. The molecular weight excluding hydrogens is 381 g/mol. The van der Waals surface area contributed by atoms with Crippen LogP contribution in [0.2, 0.25) is 0 Å². The lowest BCUT2D eigenvalue weighted by molar-refractivity contribution is -0.385. The zero-order valence-electron chi connectivity index (χ0n) is 14.4. The fourth-order valence-corrected chi connectivity index (χ4v) is 2.64. The molecule has 11 heteroatoms. The van der Waals surface area contributed by atoms with Crippen LogP contribution in [0.4, 0.5) is 24.7 Å². The van der Waals surface area contributed by atoms with Gasteiger partial charge in [-0.2, -0.15) is 0 Å². The fourth-order valence-electron chi connectivity index (χ4n) is 2.64. The summed E-state index contributed by atoms with van der Waals surface area (Å²) in [5, 5.41) is 11.4. The number of alkyl halides is 3. The standard InChI is InChI=1S/C17H13F3N4O4/c1-22(10-11-5-7-12(8-6-11)28-17(18,19)20)15-14(24(26)27)16(25)23-9-3-2-4-13(23)21-15/h2-9H,10H2,1H3. The molecule has 0 aliphatic heterocycles. The van der Waals surface area contributed by atoms with E-state index in [1.807, 2.05) is 0 Å². The molecule has 0 unspecified atom stereocenters. The summed E-state index contributed by atoms with van der Waals surface area (Å²) in [6, 6.07) is 9.76. The van der Waals surface area contributed by atoms with E-state index in [1.165, 1.54) is 36.3 Å². The largest absolute Gasteiger partial charge is 0.573 e. The van der Waals surface area contributed by atoms with Crippen LogP contribution in [0.15, 0.2) is 53.5 Å². The molecule has 1 aromatic carbocycles. The van der Waals surface area contributed by atoms with Crippen LogP contribution in [0.1, 0.15) is 5.56 Å². The van der Waals surface area contributed by atoms with Crippen LogP contribution in [-0.4, -0.2) is 27.7 Å². The Balaban J connectivity index is 1.93. The number of benzene rings is 1. The van der Waals surface area contributed by atoms with Crippen LogP contribution >= 0.6 is 0 Å². The van der Waals surface area contributed by atoms with Gasteiger partial charge >= 0.3 is 17.6 Å². The monoisotopic (exact) mass is 394 g/mol. The van der Waals surface area contributed by atoms with Crippen LogP contribution in [0.25, 0.3) is 5.65 Å². The number of ether oxygens (including phenoxy) is 1. The molecule has 2 heterocycles. The number of hydrogen-bond donors (Lipinski definition) is 0. The maximum Gasteiger partial charge on any atom is 0.573 e. The van der Waals surface area contributed by atoms with E-state index in [0.717, 1.165) is 16.5 Å². The highest BCUT2D eigenvalue weighted by Gasteiger charge is 2.31. The number of anilines is 1. The Morgan fingerprint density at radius 2 is 1.89 bits per heavy atom. The van der Waals surface area contributed by atoms with Crippen molar-refractivity contribution >= 4 is 17.2 Å². The van der Waals surface area contributed by atoms with E-state index in [9.17, 15) is 28.1 Å². The predicted molar refractivity (Wildman–Crippen MR) is 93.3 cm³/mol. The number of halogens is 3. The average Bonchev–Trinajstić information content (AvgIpc) is 2.61. The number of pyridine rings is 1. The van der Waals surface area contributed by atoms with Gasteiger partial charge in [0.2, 0.25) is 5.82 Å². The Morgan fingerprint density at radius 3 is 2.50 bits per heavy atom. The Hall–Kier alpha value is -3.63. The van der Waals surface area contributed by atoms with Crippen molar-refractivity contribution in [3.8, 4) is 5.75 Å². The van der Waals surface area contributed by atoms with Gasteiger partial charge in [0.25, 0.3) is 0 Å². The molecule has 3 rings (SSSR count). The molecular formula is C17H13F3N4O4. The van der Waals surface area contributed by atoms with Gasteiger partial charge in [-0.1, -0.05) is 18.2 Å². The normalized spacial score (nSPS) is 11.4. The van der Waals surface area contributed by atoms with Crippen molar-refractivity contribution in [2.75, 3.05) is 11.9 Å². The minimum absolute atomic E-state index is 0.0720. The second kappa shape index (κ2) is 7.18. The van der Waals surface area contributed by atoms with Gasteiger partial charge in [-0.15, -0.1) is 13.2 Å². The molecule has 0 N–H and O–H groups in total. The van der Waals surface area contributed by atoms with Gasteiger partial charge in [0.15, 0.2) is 0 Å².